The standard InChI is InChI=1S/C21H33N5O.HI/c1-17-8-13-25(14-9-17)12-5-11-23-21(22-2)24-16-20(27)26-15-10-18-6-3-4-7-19(18)26;/h3-4,6-7,17H,5,8-16H2,1-2H3,(H2,22,23,24);1H. The highest BCUT2D eigenvalue weighted by Gasteiger charge is 2.23. The third kappa shape index (κ3) is 6.34. The summed E-state index contributed by atoms with van der Waals surface area (Å²) in [5, 5.41) is 6.48. The quantitative estimate of drug-likeness (QED) is 0.273. The molecule has 2 aliphatic rings. The average molecular weight is 499 g/mol. The third-order valence-electron chi connectivity index (χ3n) is 5.64. The van der Waals surface area contributed by atoms with Gasteiger partial charge in [0.25, 0.3) is 0 Å². The van der Waals surface area contributed by atoms with Gasteiger partial charge in [0.2, 0.25) is 5.91 Å². The highest BCUT2D eigenvalue weighted by Crippen LogP contribution is 2.27. The minimum Gasteiger partial charge on any atom is -0.356 e. The summed E-state index contributed by atoms with van der Waals surface area (Å²) in [7, 11) is 1.75. The van der Waals surface area contributed by atoms with Gasteiger partial charge in [0, 0.05) is 25.8 Å². The number of amides is 1. The Morgan fingerprint density at radius 1 is 1.18 bits per heavy atom. The van der Waals surface area contributed by atoms with E-state index >= 15 is 0 Å². The van der Waals surface area contributed by atoms with Crippen LogP contribution in [0.2, 0.25) is 0 Å². The number of aliphatic imine (C=N–C) groups is 1. The highest BCUT2D eigenvalue weighted by molar-refractivity contribution is 14.0. The van der Waals surface area contributed by atoms with Crippen LogP contribution in [0.25, 0.3) is 0 Å². The SMILES string of the molecule is CN=C(NCCCN1CCC(C)CC1)NCC(=O)N1CCc2ccccc21.I. The molecule has 1 amide bonds. The normalized spacial score (nSPS) is 17.8. The summed E-state index contributed by atoms with van der Waals surface area (Å²) in [4.78, 5) is 21.2. The molecule has 7 heteroatoms. The smallest absolute Gasteiger partial charge is 0.246 e. The van der Waals surface area contributed by atoms with Crippen molar-refractivity contribution in [2.24, 2.45) is 10.9 Å². The molecule has 28 heavy (non-hydrogen) atoms. The summed E-state index contributed by atoms with van der Waals surface area (Å²) in [5.41, 5.74) is 2.29. The Balaban J connectivity index is 0.00000280. The summed E-state index contributed by atoms with van der Waals surface area (Å²) in [6.45, 7) is 7.81. The van der Waals surface area contributed by atoms with Crippen molar-refractivity contribution in [3.05, 3.63) is 29.8 Å². The van der Waals surface area contributed by atoms with Crippen molar-refractivity contribution in [3.8, 4) is 0 Å². The zero-order valence-corrected chi connectivity index (χ0v) is 19.4. The number of carbonyl (C=O) groups is 1. The van der Waals surface area contributed by atoms with E-state index in [0.717, 1.165) is 44.1 Å². The van der Waals surface area contributed by atoms with Gasteiger partial charge >= 0.3 is 0 Å². The summed E-state index contributed by atoms with van der Waals surface area (Å²) in [6.07, 6.45) is 4.66. The van der Waals surface area contributed by atoms with E-state index in [1.807, 2.05) is 23.1 Å². The van der Waals surface area contributed by atoms with E-state index in [1.165, 1.54) is 31.5 Å². The molecular formula is C21H34IN5O. The summed E-state index contributed by atoms with van der Waals surface area (Å²) in [5.74, 6) is 1.66. The van der Waals surface area contributed by atoms with E-state index in [0.29, 0.717) is 5.96 Å². The molecule has 0 spiro atoms. The van der Waals surface area contributed by atoms with Crippen molar-refractivity contribution in [1.82, 2.24) is 15.5 Å². The van der Waals surface area contributed by atoms with Gasteiger partial charge in [0.15, 0.2) is 5.96 Å². The second-order valence-electron chi connectivity index (χ2n) is 7.65. The number of guanidine groups is 1. The Kier molecular flexibility index (Phi) is 9.50. The predicted molar refractivity (Wildman–Crippen MR) is 127 cm³/mol. The van der Waals surface area contributed by atoms with Crippen molar-refractivity contribution in [2.75, 3.05) is 51.2 Å². The summed E-state index contributed by atoms with van der Waals surface area (Å²) < 4.78 is 0. The maximum absolute atomic E-state index is 12.6. The number of piperidine rings is 1. The average Bonchev–Trinajstić information content (AvgIpc) is 3.13. The Morgan fingerprint density at radius 3 is 2.68 bits per heavy atom. The fourth-order valence-electron chi connectivity index (χ4n) is 3.87. The molecular weight excluding hydrogens is 465 g/mol. The lowest BCUT2D eigenvalue weighted by Gasteiger charge is -2.30. The Labute approximate surface area is 186 Å². The Bertz CT molecular complexity index is 658. The number of fused-ring (bicyclic) bond motifs is 1. The number of rotatable bonds is 6. The lowest BCUT2D eigenvalue weighted by atomic mass is 9.99. The lowest BCUT2D eigenvalue weighted by Crippen LogP contribution is -2.45. The van der Waals surface area contributed by atoms with Gasteiger partial charge in [-0.3, -0.25) is 9.79 Å². The number of para-hydroxylation sites is 1. The first kappa shape index (κ1) is 22.9. The van der Waals surface area contributed by atoms with E-state index in [9.17, 15) is 4.79 Å². The fourth-order valence-corrected chi connectivity index (χ4v) is 3.87. The number of nitrogens with zero attached hydrogens (tertiary/aromatic N) is 3. The van der Waals surface area contributed by atoms with Crippen molar-refractivity contribution in [3.63, 3.8) is 0 Å². The molecule has 6 nitrogen and oxygen atoms in total. The molecule has 0 aromatic heterocycles. The second kappa shape index (κ2) is 11.6. The first-order valence-corrected chi connectivity index (χ1v) is 10.2. The number of anilines is 1. The summed E-state index contributed by atoms with van der Waals surface area (Å²) >= 11 is 0. The first-order chi connectivity index (χ1) is 13.2. The second-order valence-corrected chi connectivity index (χ2v) is 7.65. The fraction of sp³-hybridized carbons (Fsp3) is 0.619. The van der Waals surface area contributed by atoms with Gasteiger partial charge in [-0.25, -0.2) is 0 Å². The van der Waals surface area contributed by atoms with Crippen molar-refractivity contribution < 1.29 is 4.79 Å². The molecule has 1 aromatic rings. The van der Waals surface area contributed by atoms with Gasteiger partial charge in [-0.05, 0) is 62.9 Å². The van der Waals surface area contributed by atoms with E-state index in [1.54, 1.807) is 7.05 Å². The molecule has 2 aliphatic heterocycles. The zero-order chi connectivity index (χ0) is 19.1. The predicted octanol–water partition coefficient (Wildman–Crippen LogP) is 2.48. The van der Waals surface area contributed by atoms with Gasteiger partial charge in [-0.2, -0.15) is 0 Å². The van der Waals surface area contributed by atoms with Crippen LogP contribution in [0.15, 0.2) is 29.3 Å². The number of carbonyl (C=O) groups excluding carboxylic acids is 1. The van der Waals surface area contributed by atoms with E-state index in [2.05, 4.69) is 33.5 Å². The van der Waals surface area contributed by atoms with Crippen LogP contribution in [0.5, 0.6) is 0 Å². The maximum atomic E-state index is 12.6. The third-order valence-corrected chi connectivity index (χ3v) is 5.64. The van der Waals surface area contributed by atoms with Crippen LogP contribution in [-0.2, 0) is 11.2 Å². The minimum absolute atomic E-state index is 0. The van der Waals surface area contributed by atoms with E-state index < -0.39 is 0 Å². The van der Waals surface area contributed by atoms with Crippen LogP contribution in [-0.4, -0.2) is 63.1 Å². The zero-order valence-electron chi connectivity index (χ0n) is 17.1. The lowest BCUT2D eigenvalue weighted by molar-refractivity contribution is -0.117. The topological polar surface area (TPSA) is 60.0 Å². The molecule has 3 rings (SSSR count). The van der Waals surface area contributed by atoms with Crippen LogP contribution < -0.4 is 15.5 Å². The maximum Gasteiger partial charge on any atom is 0.246 e. The van der Waals surface area contributed by atoms with Crippen LogP contribution in [0, 0.1) is 5.92 Å². The van der Waals surface area contributed by atoms with Crippen molar-refractivity contribution in [2.45, 2.75) is 32.6 Å². The van der Waals surface area contributed by atoms with E-state index in [4.69, 9.17) is 0 Å². The number of nitrogens with one attached hydrogen (secondary N) is 2. The Hall–Kier alpha value is -1.35. The van der Waals surface area contributed by atoms with Gasteiger partial charge < -0.3 is 20.4 Å². The molecule has 0 radical (unpaired) electrons. The number of halogens is 1. The van der Waals surface area contributed by atoms with E-state index in [-0.39, 0.29) is 36.4 Å². The van der Waals surface area contributed by atoms with Crippen LogP contribution in [0.4, 0.5) is 5.69 Å². The molecule has 0 aliphatic carbocycles. The van der Waals surface area contributed by atoms with Crippen molar-refractivity contribution in [1.29, 1.82) is 0 Å². The molecule has 2 heterocycles. The largest absolute Gasteiger partial charge is 0.356 e. The van der Waals surface area contributed by atoms with Crippen LogP contribution in [0.1, 0.15) is 31.7 Å². The number of likely N-dealkylation sites (tertiary alicyclic amines) is 1. The number of benzene rings is 1. The molecule has 0 saturated carbocycles. The molecule has 156 valence electrons. The van der Waals surface area contributed by atoms with Crippen LogP contribution >= 0.6 is 24.0 Å². The molecule has 2 N–H and O–H groups in total. The molecule has 1 fully saturated rings. The monoisotopic (exact) mass is 499 g/mol. The summed E-state index contributed by atoms with van der Waals surface area (Å²) in [6, 6.07) is 8.14. The number of hydrogen-bond donors (Lipinski definition) is 2. The molecule has 0 atom stereocenters. The minimum atomic E-state index is 0. The molecule has 1 saturated heterocycles. The van der Waals surface area contributed by atoms with Gasteiger partial charge in [-0.15, -0.1) is 24.0 Å². The molecule has 0 unspecified atom stereocenters. The van der Waals surface area contributed by atoms with Gasteiger partial charge in [-0.1, -0.05) is 25.1 Å². The first-order valence-electron chi connectivity index (χ1n) is 10.2. The highest BCUT2D eigenvalue weighted by atomic mass is 127. The Morgan fingerprint density at radius 2 is 1.93 bits per heavy atom. The number of hydrogen-bond acceptors (Lipinski definition) is 3. The van der Waals surface area contributed by atoms with Gasteiger partial charge in [0.05, 0.1) is 6.54 Å². The van der Waals surface area contributed by atoms with Crippen molar-refractivity contribution >= 4 is 41.5 Å². The van der Waals surface area contributed by atoms with Crippen LogP contribution in [0.3, 0.4) is 0 Å². The molecule has 0 bridgehead atoms. The molecule has 1 aromatic carbocycles. The van der Waals surface area contributed by atoms with Gasteiger partial charge in [0.1, 0.15) is 0 Å².